The van der Waals surface area contributed by atoms with Gasteiger partial charge in [-0.05, 0) is 25.5 Å². The van der Waals surface area contributed by atoms with Gasteiger partial charge in [0, 0.05) is 49.7 Å². The van der Waals surface area contributed by atoms with E-state index in [9.17, 15) is 14.7 Å². The quantitative estimate of drug-likeness (QED) is 0.678. The number of aromatic nitrogens is 5. The molecule has 0 saturated heterocycles. The summed E-state index contributed by atoms with van der Waals surface area (Å²) < 4.78 is 3.19. The summed E-state index contributed by atoms with van der Waals surface area (Å²) in [6.45, 7) is 3.78. The molecule has 4 heterocycles. The van der Waals surface area contributed by atoms with Crippen LogP contribution in [0.5, 0.6) is 0 Å². The standard InChI is InChI=1S/C19H21N7O3/c1-11-9-20-18(22-15-4-6-21-24(15)3)23-16(11)13-8-14-5-7-25(12(2)17(27)28)19(29)26(14)10-13/h4,6,8-10,12H,5,7H2,1-3H3,(H,27,28)(H,20,22,23)/t12-/m1/s1. The number of carboxylic acids is 1. The number of anilines is 2. The SMILES string of the molecule is Cc1cnc(Nc2ccnn2C)nc1-c1cc2n(c1)C(=O)N([C@H](C)C(=O)O)CC2. The van der Waals surface area contributed by atoms with Crippen molar-refractivity contribution >= 4 is 23.8 Å². The molecular formula is C19H21N7O3. The molecule has 0 spiro atoms. The molecule has 0 saturated carbocycles. The van der Waals surface area contributed by atoms with E-state index in [1.807, 2.05) is 26.1 Å². The van der Waals surface area contributed by atoms with Gasteiger partial charge in [-0.2, -0.15) is 5.10 Å². The van der Waals surface area contributed by atoms with E-state index in [2.05, 4.69) is 20.4 Å². The smallest absolute Gasteiger partial charge is 0.329 e. The summed E-state index contributed by atoms with van der Waals surface area (Å²) in [5.41, 5.74) is 3.19. The molecule has 29 heavy (non-hydrogen) atoms. The second kappa shape index (κ2) is 7.04. The van der Waals surface area contributed by atoms with Gasteiger partial charge in [0.25, 0.3) is 0 Å². The van der Waals surface area contributed by atoms with Crippen molar-refractivity contribution in [2.24, 2.45) is 7.05 Å². The second-order valence-corrected chi connectivity index (χ2v) is 7.02. The highest BCUT2D eigenvalue weighted by molar-refractivity contribution is 5.86. The van der Waals surface area contributed by atoms with Gasteiger partial charge in [0.2, 0.25) is 5.95 Å². The monoisotopic (exact) mass is 395 g/mol. The fourth-order valence-electron chi connectivity index (χ4n) is 3.38. The van der Waals surface area contributed by atoms with E-state index in [1.54, 1.807) is 23.3 Å². The van der Waals surface area contributed by atoms with Crippen LogP contribution in [-0.2, 0) is 18.3 Å². The number of fused-ring (bicyclic) bond motifs is 1. The largest absolute Gasteiger partial charge is 0.480 e. The van der Waals surface area contributed by atoms with Gasteiger partial charge in [-0.25, -0.2) is 19.6 Å². The number of aliphatic carboxylic acids is 1. The summed E-state index contributed by atoms with van der Waals surface area (Å²) in [6, 6.07) is 2.52. The fourth-order valence-corrected chi connectivity index (χ4v) is 3.38. The molecule has 2 N–H and O–H groups in total. The van der Waals surface area contributed by atoms with Crippen LogP contribution in [0.2, 0.25) is 0 Å². The Kier molecular flexibility index (Phi) is 4.53. The molecule has 1 amide bonds. The first-order valence-electron chi connectivity index (χ1n) is 9.19. The summed E-state index contributed by atoms with van der Waals surface area (Å²) in [7, 11) is 1.81. The molecule has 3 aromatic rings. The lowest BCUT2D eigenvalue weighted by Crippen LogP contribution is -2.49. The first kappa shape index (κ1) is 18.7. The summed E-state index contributed by atoms with van der Waals surface area (Å²) in [6.07, 6.45) is 5.68. The third kappa shape index (κ3) is 3.33. The zero-order valence-electron chi connectivity index (χ0n) is 16.3. The lowest BCUT2D eigenvalue weighted by atomic mass is 10.1. The Bertz CT molecular complexity index is 1100. The minimum absolute atomic E-state index is 0.340. The van der Waals surface area contributed by atoms with Gasteiger partial charge >= 0.3 is 12.0 Å². The van der Waals surface area contributed by atoms with Gasteiger partial charge in [0.15, 0.2) is 0 Å². The predicted molar refractivity (Wildman–Crippen MR) is 105 cm³/mol. The second-order valence-electron chi connectivity index (χ2n) is 7.02. The molecule has 150 valence electrons. The van der Waals surface area contributed by atoms with Crippen LogP contribution in [0.15, 0.2) is 30.7 Å². The van der Waals surface area contributed by atoms with E-state index < -0.39 is 12.0 Å². The maximum Gasteiger partial charge on any atom is 0.329 e. The van der Waals surface area contributed by atoms with Gasteiger partial charge in [0.05, 0.1) is 11.9 Å². The number of carboxylic acid groups (broad SMARTS) is 1. The van der Waals surface area contributed by atoms with Gasteiger partial charge in [-0.15, -0.1) is 0 Å². The third-order valence-corrected chi connectivity index (χ3v) is 5.09. The zero-order chi connectivity index (χ0) is 20.7. The van der Waals surface area contributed by atoms with Crippen LogP contribution in [0.25, 0.3) is 11.3 Å². The van der Waals surface area contributed by atoms with E-state index in [-0.39, 0.29) is 6.03 Å². The summed E-state index contributed by atoms with van der Waals surface area (Å²) >= 11 is 0. The molecule has 0 bridgehead atoms. The van der Waals surface area contributed by atoms with Crippen LogP contribution in [0.4, 0.5) is 16.6 Å². The van der Waals surface area contributed by atoms with E-state index in [0.717, 1.165) is 22.6 Å². The maximum absolute atomic E-state index is 12.8. The van der Waals surface area contributed by atoms with Crippen molar-refractivity contribution in [2.75, 3.05) is 11.9 Å². The summed E-state index contributed by atoms with van der Waals surface area (Å²) in [5.74, 6) is 0.155. The number of nitrogens with one attached hydrogen (secondary N) is 1. The van der Waals surface area contributed by atoms with Crippen molar-refractivity contribution in [1.82, 2.24) is 29.2 Å². The van der Waals surface area contributed by atoms with Crippen LogP contribution >= 0.6 is 0 Å². The van der Waals surface area contributed by atoms with Gasteiger partial charge in [-0.3, -0.25) is 9.25 Å². The summed E-state index contributed by atoms with van der Waals surface area (Å²) in [4.78, 5) is 34.4. The van der Waals surface area contributed by atoms with Crippen molar-refractivity contribution in [1.29, 1.82) is 0 Å². The molecule has 1 aliphatic heterocycles. The summed E-state index contributed by atoms with van der Waals surface area (Å²) in [5, 5.41) is 16.5. The number of rotatable bonds is 5. The molecule has 1 atom stereocenters. The number of nitrogens with zero attached hydrogens (tertiary/aromatic N) is 6. The highest BCUT2D eigenvalue weighted by Gasteiger charge is 2.31. The van der Waals surface area contributed by atoms with Gasteiger partial charge in [0.1, 0.15) is 11.9 Å². The van der Waals surface area contributed by atoms with Crippen LogP contribution in [-0.4, -0.2) is 58.9 Å². The molecule has 1 aliphatic rings. The molecule has 0 radical (unpaired) electrons. The zero-order valence-corrected chi connectivity index (χ0v) is 16.3. The molecule has 10 heteroatoms. The number of hydrogen-bond acceptors (Lipinski definition) is 6. The number of carbonyl (C=O) groups excluding carboxylic acids is 1. The van der Waals surface area contributed by atoms with E-state index in [0.29, 0.717) is 24.6 Å². The number of amides is 1. The van der Waals surface area contributed by atoms with Crippen LogP contribution in [0.3, 0.4) is 0 Å². The molecule has 0 aromatic carbocycles. The lowest BCUT2D eigenvalue weighted by Gasteiger charge is -2.31. The molecule has 4 rings (SSSR count). The Hall–Kier alpha value is -3.69. The highest BCUT2D eigenvalue weighted by Crippen LogP contribution is 2.28. The van der Waals surface area contributed by atoms with Gasteiger partial charge in [-0.1, -0.05) is 0 Å². The Labute approximate surface area is 166 Å². The molecule has 0 aliphatic carbocycles. The van der Waals surface area contributed by atoms with Crippen LogP contribution in [0.1, 0.15) is 18.2 Å². The third-order valence-electron chi connectivity index (χ3n) is 5.09. The average Bonchev–Trinajstić information content (AvgIpc) is 3.30. The predicted octanol–water partition coefficient (Wildman–Crippen LogP) is 2.03. The topological polar surface area (TPSA) is 118 Å². The highest BCUT2D eigenvalue weighted by atomic mass is 16.4. The van der Waals surface area contributed by atoms with Crippen molar-refractivity contribution in [2.45, 2.75) is 26.3 Å². The van der Waals surface area contributed by atoms with Crippen LogP contribution in [0, 0.1) is 6.92 Å². The van der Waals surface area contributed by atoms with Gasteiger partial charge < -0.3 is 15.3 Å². The molecule has 0 unspecified atom stereocenters. The van der Waals surface area contributed by atoms with Crippen molar-refractivity contribution in [3.05, 3.63) is 42.0 Å². The van der Waals surface area contributed by atoms with Crippen LogP contribution < -0.4 is 5.32 Å². The molecule has 10 nitrogen and oxygen atoms in total. The van der Waals surface area contributed by atoms with Crippen molar-refractivity contribution in [3.63, 3.8) is 0 Å². The van der Waals surface area contributed by atoms with E-state index in [1.165, 1.54) is 16.4 Å². The molecule has 0 fully saturated rings. The first-order chi connectivity index (χ1) is 13.8. The van der Waals surface area contributed by atoms with Crippen molar-refractivity contribution in [3.8, 4) is 11.3 Å². The average molecular weight is 395 g/mol. The lowest BCUT2D eigenvalue weighted by molar-refractivity contribution is -0.141. The Morgan fingerprint density at radius 1 is 1.38 bits per heavy atom. The number of carbonyl (C=O) groups is 2. The van der Waals surface area contributed by atoms with E-state index in [4.69, 9.17) is 0 Å². The van der Waals surface area contributed by atoms with Crippen molar-refractivity contribution < 1.29 is 14.7 Å². The minimum atomic E-state index is -1.02. The Morgan fingerprint density at radius 2 is 2.17 bits per heavy atom. The number of aryl methyl sites for hydroxylation is 2. The van der Waals surface area contributed by atoms with E-state index >= 15 is 0 Å². The normalized spacial score (nSPS) is 14.6. The maximum atomic E-state index is 12.8. The molecule has 3 aromatic heterocycles. The minimum Gasteiger partial charge on any atom is -0.480 e. The first-order valence-corrected chi connectivity index (χ1v) is 9.19. The molecular weight excluding hydrogens is 374 g/mol. The fraction of sp³-hybridized carbons (Fsp3) is 0.316. The Morgan fingerprint density at radius 3 is 2.86 bits per heavy atom. The number of hydrogen-bond donors (Lipinski definition) is 2. The Balaban J connectivity index is 1.66.